The molecule has 1 unspecified atom stereocenters. The first-order chi connectivity index (χ1) is 8.76. The highest BCUT2D eigenvalue weighted by Crippen LogP contribution is 2.35. The zero-order valence-electron chi connectivity index (χ0n) is 13.0. The average molecular weight is 280 g/mol. The van der Waals surface area contributed by atoms with Crippen molar-refractivity contribution in [2.45, 2.75) is 78.3 Å². The van der Waals surface area contributed by atoms with Crippen LogP contribution in [0.4, 0.5) is 0 Å². The highest BCUT2D eigenvalue weighted by molar-refractivity contribution is 7.09. The zero-order valence-corrected chi connectivity index (χ0v) is 13.9. The molecule has 0 amide bonds. The van der Waals surface area contributed by atoms with Crippen LogP contribution in [0.5, 0.6) is 0 Å². The predicted octanol–water partition coefficient (Wildman–Crippen LogP) is 4.50. The lowest BCUT2D eigenvalue weighted by molar-refractivity contribution is 0.197. The largest absolute Gasteiger partial charge is 0.308 e. The Balaban J connectivity index is 1.87. The van der Waals surface area contributed by atoms with Gasteiger partial charge in [-0.05, 0) is 24.7 Å². The summed E-state index contributed by atoms with van der Waals surface area (Å²) >= 11 is 1.79. The van der Waals surface area contributed by atoms with Gasteiger partial charge in [-0.1, -0.05) is 41.0 Å². The van der Waals surface area contributed by atoms with E-state index in [0.29, 0.717) is 11.5 Å². The number of hydrogen-bond donors (Lipinski definition) is 1. The van der Waals surface area contributed by atoms with Crippen molar-refractivity contribution in [3.63, 3.8) is 0 Å². The van der Waals surface area contributed by atoms with Crippen LogP contribution < -0.4 is 5.32 Å². The van der Waals surface area contributed by atoms with Gasteiger partial charge in [-0.15, -0.1) is 11.3 Å². The molecule has 1 aliphatic carbocycles. The Kier molecular flexibility index (Phi) is 4.36. The Labute approximate surface area is 122 Å². The molecule has 0 radical (unpaired) electrons. The van der Waals surface area contributed by atoms with Crippen LogP contribution in [0.3, 0.4) is 0 Å². The molecule has 1 heterocycles. The molecule has 1 aliphatic rings. The van der Waals surface area contributed by atoms with E-state index >= 15 is 0 Å². The molecule has 0 bridgehead atoms. The van der Waals surface area contributed by atoms with Gasteiger partial charge in [-0.25, -0.2) is 4.98 Å². The van der Waals surface area contributed by atoms with Gasteiger partial charge in [-0.3, -0.25) is 0 Å². The molecule has 1 aromatic rings. The van der Waals surface area contributed by atoms with E-state index in [1.807, 2.05) is 0 Å². The van der Waals surface area contributed by atoms with Crippen LogP contribution in [0.25, 0.3) is 0 Å². The number of aromatic nitrogens is 1. The van der Waals surface area contributed by atoms with E-state index in [1.165, 1.54) is 36.4 Å². The summed E-state index contributed by atoms with van der Waals surface area (Å²) in [5.41, 5.74) is 1.89. The summed E-state index contributed by atoms with van der Waals surface area (Å²) in [5.74, 6) is 0. The molecule has 108 valence electrons. The normalized spacial score (nSPS) is 23.5. The topological polar surface area (TPSA) is 24.9 Å². The summed E-state index contributed by atoms with van der Waals surface area (Å²) in [5, 5.41) is 7.16. The minimum Gasteiger partial charge on any atom is -0.308 e. The van der Waals surface area contributed by atoms with Crippen LogP contribution in [-0.2, 0) is 12.0 Å². The van der Waals surface area contributed by atoms with E-state index in [9.17, 15) is 0 Å². The smallest absolute Gasteiger partial charge is 0.0982 e. The Morgan fingerprint density at radius 2 is 2.16 bits per heavy atom. The molecule has 2 nitrogen and oxygen atoms in total. The number of hydrogen-bond acceptors (Lipinski definition) is 3. The summed E-state index contributed by atoms with van der Waals surface area (Å²) in [6.07, 6.45) is 5.34. The molecule has 19 heavy (non-hydrogen) atoms. The van der Waals surface area contributed by atoms with Crippen LogP contribution in [0.2, 0.25) is 0 Å². The van der Waals surface area contributed by atoms with E-state index in [4.69, 9.17) is 4.98 Å². The molecule has 0 saturated heterocycles. The first-order valence-electron chi connectivity index (χ1n) is 7.45. The van der Waals surface area contributed by atoms with Crippen molar-refractivity contribution in [3.05, 3.63) is 16.1 Å². The molecule has 0 aliphatic heterocycles. The van der Waals surface area contributed by atoms with E-state index < -0.39 is 0 Å². The van der Waals surface area contributed by atoms with Crippen molar-refractivity contribution in [1.82, 2.24) is 10.3 Å². The van der Waals surface area contributed by atoms with Crippen LogP contribution >= 0.6 is 11.3 Å². The zero-order chi connectivity index (χ0) is 14.1. The second-order valence-corrected chi connectivity index (χ2v) is 8.59. The maximum Gasteiger partial charge on any atom is 0.0982 e. The van der Waals surface area contributed by atoms with Crippen molar-refractivity contribution in [2.75, 3.05) is 0 Å². The van der Waals surface area contributed by atoms with Gasteiger partial charge in [0.15, 0.2) is 0 Å². The van der Waals surface area contributed by atoms with Crippen LogP contribution in [0.15, 0.2) is 5.38 Å². The summed E-state index contributed by atoms with van der Waals surface area (Å²) in [6, 6.07) is 0.670. The van der Waals surface area contributed by atoms with Gasteiger partial charge in [0.25, 0.3) is 0 Å². The molecule has 2 rings (SSSR count). The lowest BCUT2D eigenvalue weighted by atomic mass is 9.75. The standard InChI is InChI=1S/C16H28N2S/c1-15(2,3)14-18-13(11-19-14)10-17-12-7-6-8-16(4,5)9-12/h11-12,17H,6-10H2,1-5H3. The maximum absolute atomic E-state index is 4.76. The Hall–Kier alpha value is -0.410. The minimum absolute atomic E-state index is 0.176. The Bertz CT molecular complexity index is 415. The fourth-order valence-electron chi connectivity index (χ4n) is 2.85. The number of nitrogens with zero attached hydrogens (tertiary/aromatic N) is 1. The monoisotopic (exact) mass is 280 g/mol. The Morgan fingerprint density at radius 1 is 1.42 bits per heavy atom. The number of thiazole rings is 1. The molecule has 1 saturated carbocycles. The fraction of sp³-hybridized carbons (Fsp3) is 0.812. The van der Waals surface area contributed by atoms with Gasteiger partial charge >= 0.3 is 0 Å². The molecule has 1 fully saturated rings. The molecule has 1 atom stereocenters. The molecule has 0 aromatic carbocycles. The Morgan fingerprint density at radius 3 is 2.74 bits per heavy atom. The lowest BCUT2D eigenvalue weighted by Gasteiger charge is -2.35. The highest BCUT2D eigenvalue weighted by atomic mass is 32.1. The highest BCUT2D eigenvalue weighted by Gasteiger charge is 2.27. The van der Waals surface area contributed by atoms with Crippen molar-refractivity contribution in [2.24, 2.45) is 5.41 Å². The number of rotatable bonds is 3. The van der Waals surface area contributed by atoms with E-state index in [1.54, 1.807) is 11.3 Å². The molecule has 1 N–H and O–H groups in total. The first kappa shape index (κ1) is 15.0. The van der Waals surface area contributed by atoms with Gasteiger partial charge in [0.05, 0.1) is 10.7 Å². The van der Waals surface area contributed by atoms with Gasteiger partial charge in [-0.2, -0.15) is 0 Å². The van der Waals surface area contributed by atoms with Gasteiger partial charge in [0.2, 0.25) is 0 Å². The van der Waals surface area contributed by atoms with Crippen molar-refractivity contribution in [3.8, 4) is 0 Å². The van der Waals surface area contributed by atoms with E-state index in [0.717, 1.165) is 6.54 Å². The second-order valence-electron chi connectivity index (χ2n) is 7.73. The number of nitrogens with one attached hydrogen (secondary N) is 1. The molecular formula is C16H28N2S. The van der Waals surface area contributed by atoms with Gasteiger partial charge in [0, 0.05) is 23.4 Å². The third kappa shape index (κ3) is 4.28. The summed E-state index contributed by atoms with van der Waals surface area (Å²) in [7, 11) is 0. The van der Waals surface area contributed by atoms with Crippen LogP contribution in [0.1, 0.15) is 71.0 Å². The third-order valence-corrected chi connectivity index (χ3v) is 5.29. The summed E-state index contributed by atoms with van der Waals surface area (Å²) in [4.78, 5) is 4.76. The minimum atomic E-state index is 0.176. The van der Waals surface area contributed by atoms with Crippen LogP contribution in [0, 0.1) is 5.41 Å². The van der Waals surface area contributed by atoms with Gasteiger partial charge in [0.1, 0.15) is 0 Å². The molecular weight excluding hydrogens is 252 g/mol. The molecule has 1 aromatic heterocycles. The van der Waals surface area contributed by atoms with Crippen molar-refractivity contribution in [1.29, 1.82) is 0 Å². The van der Waals surface area contributed by atoms with Crippen molar-refractivity contribution >= 4 is 11.3 Å². The first-order valence-corrected chi connectivity index (χ1v) is 8.32. The SMILES string of the molecule is CC1(C)CCCC(NCc2csc(C(C)(C)C)n2)C1. The lowest BCUT2D eigenvalue weighted by Crippen LogP contribution is -2.36. The predicted molar refractivity (Wildman–Crippen MR) is 83.7 cm³/mol. The maximum atomic E-state index is 4.76. The van der Waals surface area contributed by atoms with Crippen molar-refractivity contribution < 1.29 is 0 Å². The van der Waals surface area contributed by atoms with E-state index in [2.05, 4.69) is 45.3 Å². The van der Waals surface area contributed by atoms with E-state index in [-0.39, 0.29) is 5.41 Å². The second kappa shape index (κ2) is 5.53. The average Bonchev–Trinajstić information content (AvgIpc) is 2.73. The quantitative estimate of drug-likeness (QED) is 0.882. The van der Waals surface area contributed by atoms with Crippen LogP contribution in [-0.4, -0.2) is 11.0 Å². The molecule has 3 heteroatoms. The van der Waals surface area contributed by atoms with Gasteiger partial charge < -0.3 is 5.32 Å². The molecule has 0 spiro atoms. The summed E-state index contributed by atoms with van der Waals surface area (Å²) in [6.45, 7) is 12.4. The summed E-state index contributed by atoms with van der Waals surface area (Å²) < 4.78 is 0. The third-order valence-electron chi connectivity index (χ3n) is 3.97. The fourth-order valence-corrected chi connectivity index (χ4v) is 3.76.